The summed E-state index contributed by atoms with van der Waals surface area (Å²) < 4.78 is 80.9. The van der Waals surface area contributed by atoms with E-state index in [9.17, 15) is 26.3 Å². The molecule has 2 aromatic carbocycles. The zero-order valence-corrected chi connectivity index (χ0v) is 19.6. The second kappa shape index (κ2) is 8.84. The van der Waals surface area contributed by atoms with Gasteiger partial charge in [0.05, 0.1) is 37.6 Å². The van der Waals surface area contributed by atoms with Crippen LogP contribution in [0.4, 0.5) is 37.7 Å². The van der Waals surface area contributed by atoms with Crippen molar-refractivity contribution in [1.29, 1.82) is 0 Å². The van der Waals surface area contributed by atoms with Gasteiger partial charge in [0.15, 0.2) is 11.5 Å². The van der Waals surface area contributed by atoms with Gasteiger partial charge >= 0.3 is 12.4 Å². The van der Waals surface area contributed by atoms with Gasteiger partial charge in [-0.2, -0.15) is 26.3 Å². The minimum absolute atomic E-state index is 0.0437. The lowest BCUT2D eigenvalue weighted by molar-refractivity contribution is -0.138. The van der Waals surface area contributed by atoms with Crippen LogP contribution >= 0.6 is 46.4 Å². The Hall–Kier alpha value is -2.54. The maximum atomic E-state index is 13.8. The van der Waals surface area contributed by atoms with Crippen molar-refractivity contribution in [3.05, 3.63) is 55.5 Å². The van der Waals surface area contributed by atoms with E-state index in [1.54, 1.807) is 0 Å². The van der Waals surface area contributed by atoms with Crippen molar-refractivity contribution < 1.29 is 26.3 Å². The van der Waals surface area contributed by atoms with Gasteiger partial charge in [0.25, 0.3) is 5.79 Å². The summed E-state index contributed by atoms with van der Waals surface area (Å²) in [4.78, 5) is 15.9. The second-order valence-electron chi connectivity index (χ2n) is 7.00. The summed E-state index contributed by atoms with van der Waals surface area (Å²) in [5, 5.41) is 3.47. The molecule has 0 bridgehead atoms. The van der Waals surface area contributed by atoms with E-state index in [0.29, 0.717) is 18.2 Å². The minimum atomic E-state index is -4.91. The van der Waals surface area contributed by atoms with Crippen LogP contribution in [0.5, 0.6) is 0 Å². The van der Waals surface area contributed by atoms with E-state index in [1.807, 2.05) is 0 Å². The third kappa shape index (κ3) is 4.92. The number of aliphatic imine (C=N–C) groups is 4. The molecule has 0 radical (unpaired) electrons. The van der Waals surface area contributed by atoms with Crippen LogP contribution in [-0.2, 0) is 12.4 Å². The molecule has 4 rings (SSSR count). The molecular weight excluding hydrogens is 568 g/mol. The SMILES string of the molecule is FC(F)(F)c1cc(Cl)c(NC2(Nc3c(Cl)cc(Cl)cc3C(F)(F)F)N=CN=C3N=CN=C32)c(Cl)c1. The number of benzene rings is 2. The summed E-state index contributed by atoms with van der Waals surface area (Å²) in [5.74, 6) is -2.17. The molecule has 0 saturated heterocycles. The molecular formula is C19H8Cl4F6N6. The van der Waals surface area contributed by atoms with Crippen molar-refractivity contribution in [2.75, 3.05) is 10.6 Å². The molecule has 1 atom stereocenters. The Balaban J connectivity index is 1.88. The van der Waals surface area contributed by atoms with Gasteiger partial charge in [-0.05, 0) is 24.3 Å². The van der Waals surface area contributed by atoms with E-state index in [4.69, 9.17) is 46.4 Å². The Bertz CT molecular complexity index is 1310. The number of hydrogen-bond acceptors (Lipinski definition) is 6. The lowest BCUT2D eigenvalue weighted by atomic mass is 10.1. The largest absolute Gasteiger partial charge is 0.418 e. The van der Waals surface area contributed by atoms with Crippen LogP contribution in [0.3, 0.4) is 0 Å². The molecule has 16 heteroatoms. The molecule has 2 N–H and O–H groups in total. The van der Waals surface area contributed by atoms with Gasteiger partial charge in [-0.15, -0.1) is 0 Å². The van der Waals surface area contributed by atoms with Gasteiger partial charge in [-0.25, -0.2) is 20.0 Å². The van der Waals surface area contributed by atoms with E-state index >= 15 is 0 Å². The highest BCUT2D eigenvalue weighted by molar-refractivity contribution is 6.52. The quantitative estimate of drug-likeness (QED) is 0.294. The summed E-state index contributed by atoms with van der Waals surface area (Å²) in [7, 11) is 0. The van der Waals surface area contributed by atoms with E-state index in [-0.39, 0.29) is 22.3 Å². The number of alkyl halides is 6. The van der Waals surface area contributed by atoms with Crippen LogP contribution < -0.4 is 10.6 Å². The van der Waals surface area contributed by atoms with Crippen molar-refractivity contribution in [3.8, 4) is 0 Å². The monoisotopic (exact) mass is 574 g/mol. The molecule has 0 spiro atoms. The van der Waals surface area contributed by atoms with E-state index in [2.05, 4.69) is 30.6 Å². The van der Waals surface area contributed by atoms with Gasteiger partial charge in [0.1, 0.15) is 12.7 Å². The first-order chi connectivity index (χ1) is 16.2. The van der Waals surface area contributed by atoms with Gasteiger partial charge in [-0.1, -0.05) is 46.4 Å². The van der Waals surface area contributed by atoms with Crippen LogP contribution in [0.2, 0.25) is 20.1 Å². The number of fused-ring (bicyclic) bond motifs is 1. The predicted molar refractivity (Wildman–Crippen MR) is 125 cm³/mol. The summed E-state index contributed by atoms with van der Waals surface area (Å²) in [6.07, 6.45) is -7.65. The molecule has 6 nitrogen and oxygen atoms in total. The highest BCUT2D eigenvalue weighted by atomic mass is 35.5. The average Bonchev–Trinajstić information content (AvgIpc) is 3.21. The van der Waals surface area contributed by atoms with Gasteiger partial charge in [0.2, 0.25) is 0 Å². The molecule has 1 unspecified atom stereocenters. The Morgan fingerprint density at radius 1 is 0.714 bits per heavy atom. The smallest absolute Gasteiger partial charge is 0.337 e. The van der Waals surface area contributed by atoms with Gasteiger partial charge < -0.3 is 10.6 Å². The zero-order chi connectivity index (χ0) is 25.8. The number of halogens is 10. The second-order valence-corrected chi connectivity index (χ2v) is 8.66. The Morgan fingerprint density at radius 2 is 1.31 bits per heavy atom. The predicted octanol–water partition coefficient (Wildman–Crippen LogP) is 7.44. The normalized spacial score (nSPS) is 19.4. The number of nitrogens with one attached hydrogen (secondary N) is 2. The van der Waals surface area contributed by atoms with Crippen LogP contribution in [0.25, 0.3) is 0 Å². The van der Waals surface area contributed by atoms with Crippen molar-refractivity contribution in [2.24, 2.45) is 20.0 Å². The maximum Gasteiger partial charge on any atom is 0.418 e. The third-order valence-electron chi connectivity index (χ3n) is 4.69. The molecule has 2 aliphatic rings. The van der Waals surface area contributed by atoms with Crippen LogP contribution in [0, 0.1) is 0 Å². The van der Waals surface area contributed by atoms with E-state index in [1.165, 1.54) is 0 Å². The molecule has 0 fully saturated rings. The average molecular weight is 576 g/mol. The van der Waals surface area contributed by atoms with Gasteiger partial charge in [0, 0.05) is 5.02 Å². The molecule has 0 saturated carbocycles. The third-order valence-corrected chi connectivity index (χ3v) is 5.81. The molecule has 2 aromatic rings. The molecule has 0 aromatic heterocycles. The van der Waals surface area contributed by atoms with E-state index in [0.717, 1.165) is 18.7 Å². The van der Waals surface area contributed by atoms with Crippen LogP contribution in [-0.4, -0.2) is 30.0 Å². The number of hydrogen-bond donors (Lipinski definition) is 2. The number of nitrogens with zero attached hydrogens (tertiary/aromatic N) is 4. The van der Waals surface area contributed by atoms with Gasteiger partial charge in [-0.3, -0.25) is 0 Å². The van der Waals surface area contributed by atoms with Crippen molar-refractivity contribution in [2.45, 2.75) is 18.1 Å². The highest BCUT2D eigenvalue weighted by Crippen LogP contribution is 2.44. The summed E-state index contributed by atoms with van der Waals surface area (Å²) in [5.41, 5.74) is -3.48. The lowest BCUT2D eigenvalue weighted by Gasteiger charge is -2.36. The molecule has 35 heavy (non-hydrogen) atoms. The van der Waals surface area contributed by atoms with Crippen LogP contribution in [0.15, 0.2) is 44.2 Å². The lowest BCUT2D eigenvalue weighted by Crippen LogP contribution is -2.55. The summed E-state index contributed by atoms with van der Waals surface area (Å²) >= 11 is 24.0. The molecule has 2 heterocycles. The summed E-state index contributed by atoms with van der Waals surface area (Å²) in [6.45, 7) is 0. The Morgan fingerprint density at radius 3 is 1.91 bits per heavy atom. The fourth-order valence-corrected chi connectivity index (χ4v) is 4.32. The molecule has 0 aliphatic carbocycles. The number of anilines is 2. The van der Waals surface area contributed by atoms with Crippen molar-refractivity contribution in [1.82, 2.24) is 0 Å². The first-order valence-corrected chi connectivity index (χ1v) is 10.6. The molecule has 184 valence electrons. The highest BCUT2D eigenvalue weighted by Gasteiger charge is 2.46. The minimum Gasteiger partial charge on any atom is -0.337 e. The Labute approximate surface area is 212 Å². The topological polar surface area (TPSA) is 73.5 Å². The fraction of sp³-hybridized carbons (Fsp3) is 0.158. The number of rotatable bonds is 4. The molecule has 0 amide bonds. The summed E-state index contributed by atoms with van der Waals surface area (Å²) in [6, 6.07) is 2.87. The first-order valence-electron chi connectivity index (χ1n) is 9.13. The first kappa shape index (κ1) is 25.5. The molecule has 2 aliphatic heterocycles. The van der Waals surface area contributed by atoms with E-state index < -0.39 is 50.0 Å². The maximum absolute atomic E-state index is 13.8. The standard InChI is InChI=1S/C19H8Cl4F6N6/c20-8-3-9(18(27,28)29)13(12(23)4-8)34-19(15-16(31-5-30-15)32-6-33-19)35-14-10(21)1-7(2-11(14)22)17(24,25)26/h1-6,34-35H. The fourth-order valence-electron chi connectivity index (χ4n) is 3.20. The zero-order valence-electron chi connectivity index (χ0n) is 16.5. The van der Waals surface area contributed by atoms with Crippen molar-refractivity contribution >= 4 is 82.0 Å². The van der Waals surface area contributed by atoms with Crippen molar-refractivity contribution in [3.63, 3.8) is 0 Å². The Kier molecular flexibility index (Phi) is 6.45. The number of amidine groups is 1. The van der Waals surface area contributed by atoms with Crippen LogP contribution in [0.1, 0.15) is 11.1 Å².